The zero-order valence-electron chi connectivity index (χ0n) is 10.3. The molecule has 2 N–H and O–H groups in total. The van der Waals surface area contributed by atoms with Gasteiger partial charge in [-0.15, -0.1) is 0 Å². The lowest BCUT2D eigenvalue weighted by Crippen LogP contribution is -1.92. The number of aliphatic hydroxyl groups excluding tert-OH is 1. The smallest absolute Gasteiger partial charge is 0.115 e. The molecule has 0 spiro atoms. The molecule has 2 aromatic rings. The standard InChI is InChI=1S/C16H18O2/c17-11-5-4-8-14-12-15(18)9-10-16(14)13-6-2-1-3-7-13/h1-3,6-7,9-10,12,17-18H,4-5,8,11H2. The number of benzene rings is 2. The van der Waals surface area contributed by atoms with E-state index in [2.05, 4.69) is 12.1 Å². The molecule has 0 aliphatic heterocycles. The fourth-order valence-corrected chi connectivity index (χ4v) is 2.11. The van der Waals surface area contributed by atoms with Gasteiger partial charge in [-0.2, -0.15) is 0 Å². The van der Waals surface area contributed by atoms with E-state index in [1.165, 1.54) is 0 Å². The molecule has 0 atom stereocenters. The van der Waals surface area contributed by atoms with Crippen LogP contribution in [-0.4, -0.2) is 16.8 Å². The Bertz CT molecular complexity index is 492. The topological polar surface area (TPSA) is 40.5 Å². The molecule has 0 unspecified atom stereocenters. The number of hydrogen-bond acceptors (Lipinski definition) is 2. The first-order chi connectivity index (χ1) is 8.81. The van der Waals surface area contributed by atoms with E-state index in [4.69, 9.17) is 5.11 Å². The summed E-state index contributed by atoms with van der Waals surface area (Å²) in [7, 11) is 0. The lowest BCUT2D eigenvalue weighted by Gasteiger charge is -2.10. The number of phenolic OH excluding ortho intramolecular Hbond substituents is 1. The summed E-state index contributed by atoms with van der Waals surface area (Å²) in [4.78, 5) is 0. The van der Waals surface area contributed by atoms with Crippen LogP contribution in [0.4, 0.5) is 0 Å². The fourth-order valence-electron chi connectivity index (χ4n) is 2.11. The summed E-state index contributed by atoms with van der Waals surface area (Å²) in [6.07, 6.45) is 2.60. The van der Waals surface area contributed by atoms with Crippen LogP contribution in [0.25, 0.3) is 11.1 Å². The first-order valence-corrected chi connectivity index (χ1v) is 6.29. The van der Waals surface area contributed by atoms with Crippen LogP contribution < -0.4 is 0 Å². The SMILES string of the molecule is OCCCCc1cc(O)ccc1-c1ccccc1. The van der Waals surface area contributed by atoms with Gasteiger partial charge in [0.05, 0.1) is 0 Å². The van der Waals surface area contributed by atoms with Crippen molar-refractivity contribution < 1.29 is 10.2 Å². The van der Waals surface area contributed by atoms with Gasteiger partial charge in [0.15, 0.2) is 0 Å². The predicted molar refractivity (Wildman–Crippen MR) is 73.6 cm³/mol. The summed E-state index contributed by atoms with van der Waals surface area (Å²) in [5.41, 5.74) is 3.46. The number of aromatic hydroxyl groups is 1. The monoisotopic (exact) mass is 242 g/mol. The summed E-state index contributed by atoms with van der Waals surface area (Å²) < 4.78 is 0. The molecule has 2 heteroatoms. The molecule has 2 aromatic carbocycles. The Balaban J connectivity index is 2.29. The third kappa shape index (κ3) is 3.11. The Morgan fingerprint density at radius 3 is 2.39 bits per heavy atom. The van der Waals surface area contributed by atoms with Crippen LogP contribution in [0.3, 0.4) is 0 Å². The van der Waals surface area contributed by atoms with Gasteiger partial charge in [-0.25, -0.2) is 0 Å². The molecule has 0 aromatic heterocycles. The molecule has 94 valence electrons. The first kappa shape index (κ1) is 12.7. The average Bonchev–Trinajstić information content (AvgIpc) is 2.40. The number of aliphatic hydroxyl groups is 1. The normalized spacial score (nSPS) is 10.5. The van der Waals surface area contributed by atoms with Crippen molar-refractivity contribution in [3.05, 3.63) is 54.1 Å². The van der Waals surface area contributed by atoms with Crippen LogP contribution in [0.15, 0.2) is 48.5 Å². The van der Waals surface area contributed by atoms with Crippen molar-refractivity contribution in [2.75, 3.05) is 6.61 Å². The number of rotatable bonds is 5. The van der Waals surface area contributed by atoms with Gasteiger partial charge in [-0.05, 0) is 48.1 Å². The van der Waals surface area contributed by atoms with Crippen LogP contribution in [-0.2, 0) is 6.42 Å². The quantitative estimate of drug-likeness (QED) is 0.789. The van der Waals surface area contributed by atoms with E-state index >= 15 is 0 Å². The van der Waals surface area contributed by atoms with Crippen molar-refractivity contribution in [2.24, 2.45) is 0 Å². The maximum absolute atomic E-state index is 9.59. The van der Waals surface area contributed by atoms with E-state index in [-0.39, 0.29) is 6.61 Å². The van der Waals surface area contributed by atoms with E-state index in [0.29, 0.717) is 5.75 Å². The zero-order chi connectivity index (χ0) is 12.8. The van der Waals surface area contributed by atoms with Crippen LogP contribution in [0, 0.1) is 0 Å². The Hall–Kier alpha value is -1.80. The van der Waals surface area contributed by atoms with Crippen molar-refractivity contribution >= 4 is 0 Å². The van der Waals surface area contributed by atoms with Gasteiger partial charge >= 0.3 is 0 Å². The van der Waals surface area contributed by atoms with Crippen molar-refractivity contribution in [3.8, 4) is 16.9 Å². The van der Waals surface area contributed by atoms with Crippen molar-refractivity contribution in [3.63, 3.8) is 0 Å². The van der Waals surface area contributed by atoms with E-state index in [9.17, 15) is 5.11 Å². The third-order valence-corrected chi connectivity index (χ3v) is 3.03. The zero-order valence-corrected chi connectivity index (χ0v) is 10.3. The van der Waals surface area contributed by atoms with Crippen molar-refractivity contribution in [1.82, 2.24) is 0 Å². The highest BCUT2D eigenvalue weighted by Crippen LogP contribution is 2.28. The molecule has 0 radical (unpaired) electrons. The van der Waals surface area contributed by atoms with Gasteiger partial charge in [-0.1, -0.05) is 36.4 Å². The van der Waals surface area contributed by atoms with Gasteiger partial charge in [0.25, 0.3) is 0 Å². The third-order valence-electron chi connectivity index (χ3n) is 3.03. The number of phenols is 1. The minimum Gasteiger partial charge on any atom is -0.508 e. The Labute approximate surface area is 108 Å². The Morgan fingerprint density at radius 1 is 0.889 bits per heavy atom. The highest BCUT2D eigenvalue weighted by Gasteiger charge is 2.05. The fraction of sp³-hybridized carbons (Fsp3) is 0.250. The Kier molecular flexibility index (Phi) is 4.37. The summed E-state index contributed by atoms with van der Waals surface area (Å²) >= 11 is 0. The average molecular weight is 242 g/mol. The molecule has 0 bridgehead atoms. The van der Waals surface area contributed by atoms with E-state index in [1.54, 1.807) is 6.07 Å². The van der Waals surface area contributed by atoms with Crippen LogP contribution >= 0.6 is 0 Å². The summed E-state index contributed by atoms with van der Waals surface area (Å²) in [6, 6.07) is 15.7. The lowest BCUT2D eigenvalue weighted by atomic mass is 9.96. The highest BCUT2D eigenvalue weighted by molar-refractivity contribution is 5.68. The predicted octanol–water partition coefficient (Wildman–Crippen LogP) is 3.37. The molecule has 2 nitrogen and oxygen atoms in total. The Morgan fingerprint density at radius 2 is 1.67 bits per heavy atom. The summed E-state index contributed by atoms with van der Waals surface area (Å²) in [5, 5.41) is 18.4. The molecule has 0 aliphatic carbocycles. The largest absolute Gasteiger partial charge is 0.508 e. The number of hydrogen-bond donors (Lipinski definition) is 2. The van der Waals surface area contributed by atoms with Gasteiger partial charge in [0.2, 0.25) is 0 Å². The van der Waals surface area contributed by atoms with Crippen molar-refractivity contribution in [2.45, 2.75) is 19.3 Å². The second kappa shape index (κ2) is 6.22. The van der Waals surface area contributed by atoms with Crippen LogP contribution in [0.2, 0.25) is 0 Å². The van der Waals surface area contributed by atoms with E-state index < -0.39 is 0 Å². The van der Waals surface area contributed by atoms with Gasteiger partial charge in [-0.3, -0.25) is 0 Å². The molecule has 0 heterocycles. The molecule has 0 saturated carbocycles. The summed E-state index contributed by atoms with van der Waals surface area (Å²) in [6.45, 7) is 0.222. The van der Waals surface area contributed by atoms with Crippen molar-refractivity contribution in [1.29, 1.82) is 0 Å². The van der Waals surface area contributed by atoms with Gasteiger partial charge < -0.3 is 10.2 Å². The second-order valence-corrected chi connectivity index (χ2v) is 4.39. The minimum absolute atomic E-state index is 0.222. The molecular formula is C16H18O2. The van der Waals surface area contributed by atoms with Crippen LogP contribution in [0.5, 0.6) is 5.75 Å². The van der Waals surface area contributed by atoms with E-state index in [0.717, 1.165) is 36.0 Å². The molecular weight excluding hydrogens is 224 g/mol. The number of aryl methyl sites for hydroxylation is 1. The van der Waals surface area contributed by atoms with Crippen LogP contribution in [0.1, 0.15) is 18.4 Å². The maximum Gasteiger partial charge on any atom is 0.115 e. The first-order valence-electron chi connectivity index (χ1n) is 6.29. The molecule has 0 amide bonds. The molecule has 2 rings (SSSR count). The summed E-state index contributed by atoms with van der Waals surface area (Å²) in [5.74, 6) is 0.300. The second-order valence-electron chi connectivity index (χ2n) is 4.39. The molecule has 18 heavy (non-hydrogen) atoms. The lowest BCUT2D eigenvalue weighted by molar-refractivity contribution is 0.284. The highest BCUT2D eigenvalue weighted by atomic mass is 16.3. The molecule has 0 aliphatic rings. The minimum atomic E-state index is 0.222. The maximum atomic E-state index is 9.59. The van der Waals surface area contributed by atoms with Gasteiger partial charge in [0.1, 0.15) is 5.75 Å². The number of unbranched alkanes of at least 4 members (excludes halogenated alkanes) is 1. The van der Waals surface area contributed by atoms with E-state index in [1.807, 2.05) is 30.3 Å². The van der Waals surface area contributed by atoms with Gasteiger partial charge in [0, 0.05) is 6.61 Å². The molecule has 0 fully saturated rings. The molecule has 0 saturated heterocycles.